The molecule has 0 saturated heterocycles. The Morgan fingerprint density at radius 1 is 1.41 bits per heavy atom. The number of carbonyl (C=O) groups is 1. The van der Waals surface area contributed by atoms with E-state index >= 15 is 0 Å². The Balaban J connectivity index is 2.91. The first kappa shape index (κ1) is 11.1. The molecule has 0 amide bonds. The van der Waals surface area contributed by atoms with Gasteiger partial charge >= 0.3 is 5.97 Å². The number of carboxylic acids is 1. The van der Waals surface area contributed by atoms with E-state index in [4.69, 9.17) is 14.3 Å². The van der Waals surface area contributed by atoms with Gasteiger partial charge in [-0.25, -0.2) is 9.18 Å². The van der Waals surface area contributed by atoms with Crippen LogP contribution in [0.1, 0.15) is 10.6 Å². The van der Waals surface area contributed by atoms with E-state index in [0.29, 0.717) is 0 Å². The second-order valence-electron chi connectivity index (χ2n) is 3.26. The van der Waals surface area contributed by atoms with Crippen molar-refractivity contribution < 1.29 is 23.4 Å². The number of fused-ring (bicyclic) bond motifs is 1. The molecule has 0 saturated carbocycles. The van der Waals surface area contributed by atoms with Gasteiger partial charge in [0, 0.05) is 12.1 Å². The average Bonchev–Trinajstić information content (AvgIpc) is 2.28. The Hall–Kier alpha value is -2.37. The van der Waals surface area contributed by atoms with Crippen molar-refractivity contribution in [3.05, 3.63) is 40.0 Å². The highest BCUT2D eigenvalue weighted by atomic mass is 19.1. The zero-order valence-electron chi connectivity index (χ0n) is 8.69. The predicted molar refractivity (Wildman–Crippen MR) is 56.0 cm³/mol. The second kappa shape index (κ2) is 3.89. The van der Waals surface area contributed by atoms with Crippen molar-refractivity contribution in [3.8, 4) is 5.75 Å². The Morgan fingerprint density at radius 3 is 2.71 bits per heavy atom. The summed E-state index contributed by atoms with van der Waals surface area (Å²) in [5, 5.41) is 8.68. The molecular weight excluding hydrogens is 231 g/mol. The summed E-state index contributed by atoms with van der Waals surface area (Å²) in [5.74, 6) is -2.59. The summed E-state index contributed by atoms with van der Waals surface area (Å²) in [5.41, 5.74) is -0.722. The van der Waals surface area contributed by atoms with Gasteiger partial charge in [-0.05, 0) is 6.07 Å². The van der Waals surface area contributed by atoms with Crippen LogP contribution in [0, 0.1) is 5.82 Å². The van der Waals surface area contributed by atoms with Crippen molar-refractivity contribution in [2.24, 2.45) is 0 Å². The maximum Gasteiger partial charge on any atom is 0.371 e. The predicted octanol–water partition coefficient (Wildman–Crippen LogP) is 1.64. The zero-order valence-corrected chi connectivity index (χ0v) is 8.69. The normalized spacial score (nSPS) is 10.5. The molecule has 0 aliphatic heterocycles. The number of hydrogen-bond acceptors (Lipinski definition) is 4. The van der Waals surface area contributed by atoms with E-state index in [2.05, 4.69) is 0 Å². The SMILES string of the molecule is COc1cc(F)cc2c(=O)cc(C(=O)O)oc12. The molecule has 1 aromatic carbocycles. The lowest BCUT2D eigenvalue weighted by Gasteiger charge is -2.05. The molecule has 1 aromatic heterocycles. The maximum absolute atomic E-state index is 13.1. The van der Waals surface area contributed by atoms with Crippen LogP contribution >= 0.6 is 0 Å². The minimum absolute atomic E-state index is 0.0276. The molecule has 1 heterocycles. The molecule has 17 heavy (non-hydrogen) atoms. The molecule has 0 bridgehead atoms. The second-order valence-corrected chi connectivity index (χ2v) is 3.26. The van der Waals surface area contributed by atoms with Crippen molar-refractivity contribution >= 4 is 16.9 Å². The topological polar surface area (TPSA) is 76.7 Å². The van der Waals surface area contributed by atoms with E-state index in [1.807, 2.05) is 0 Å². The van der Waals surface area contributed by atoms with Gasteiger partial charge in [0.2, 0.25) is 5.76 Å². The standard InChI is InChI=1S/C11H7FO5/c1-16-8-3-5(12)2-6-7(13)4-9(11(14)15)17-10(6)8/h2-4H,1H3,(H,14,15). The number of benzene rings is 1. The Kier molecular flexibility index (Phi) is 2.55. The number of rotatable bonds is 2. The molecule has 88 valence electrons. The first-order valence-corrected chi connectivity index (χ1v) is 4.57. The fourth-order valence-electron chi connectivity index (χ4n) is 1.45. The highest BCUT2D eigenvalue weighted by molar-refractivity contribution is 5.89. The highest BCUT2D eigenvalue weighted by Gasteiger charge is 2.15. The summed E-state index contributed by atoms with van der Waals surface area (Å²) in [6.45, 7) is 0. The molecule has 2 rings (SSSR count). The Morgan fingerprint density at radius 2 is 2.12 bits per heavy atom. The van der Waals surface area contributed by atoms with Gasteiger partial charge in [-0.3, -0.25) is 4.79 Å². The fraction of sp³-hybridized carbons (Fsp3) is 0.0909. The summed E-state index contributed by atoms with van der Waals surface area (Å²) in [6, 6.07) is 2.77. The Bertz CT molecular complexity index is 659. The third kappa shape index (κ3) is 1.84. The molecular formula is C11H7FO5. The monoisotopic (exact) mass is 238 g/mol. The van der Waals surface area contributed by atoms with Crippen LogP contribution in [-0.4, -0.2) is 18.2 Å². The molecule has 2 aromatic rings. The quantitative estimate of drug-likeness (QED) is 0.860. The van der Waals surface area contributed by atoms with Gasteiger partial charge < -0.3 is 14.3 Å². The molecule has 0 spiro atoms. The minimum atomic E-state index is -1.38. The van der Waals surface area contributed by atoms with Crippen LogP contribution in [0.5, 0.6) is 5.75 Å². The lowest BCUT2D eigenvalue weighted by Crippen LogP contribution is -2.07. The van der Waals surface area contributed by atoms with Crippen LogP contribution in [0.3, 0.4) is 0 Å². The maximum atomic E-state index is 13.1. The summed E-state index contributed by atoms with van der Waals surface area (Å²) < 4.78 is 23.0. The molecule has 0 radical (unpaired) electrons. The molecule has 6 heteroatoms. The first-order valence-electron chi connectivity index (χ1n) is 4.57. The number of aromatic carboxylic acids is 1. The molecule has 0 fully saturated rings. The molecule has 0 unspecified atom stereocenters. The zero-order chi connectivity index (χ0) is 12.6. The van der Waals surface area contributed by atoms with Crippen LogP contribution < -0.4 is 10.2 Å². The first-order chi connectivity index (χ1) is 8.02. The van der Waals surface area contributed by atoms with Crippen LogP contribution in [0.2, 0.25) is 0 Å². The largest absolute Gasteiger partial charge is 0.493 e. The van der Waals surface area contributed by atoms with Crippen molar-refractivity contribution in [2.45, 2.75) is 0 Å². The van der Waals surface area contributed by atoms with E-state index in [0.717, 1.165) is 18.2 Å². The van der Waals surface area contributed by atoms with Crippen LogP contribution in [0.25, 0.3) is 11.0 Å². The van der Waals surface area contributed by atoms with Gasteiger partial charge in [-0.2, -0.15) is 0 Å². The fourth-order valence-corrected chi connectivity index (χ4v) is 1.45. The van der Waals surface area contributed by atoms with E-state index in [-0.39, 0.29) is 16.7 Å². The van der Waals surface area contributed by atoms with Crippen molar-refractivity contribution in [1.29, 1.82) is 0 Å². The van der Waals surface area contributed by atoms with Gasteiger partial charge in [0.25, 0.3) is 0 Å². The summed E-state index contributed by atoms with van der Waals surface area (Å²) >= 11 is 0. The lowest BCUT2D eigenvalue weighted by atomic mass is 10.2. The van der Waals surface area contributed by atoms with Gasteiger partial charge in [-0.15, -0.1) is 0 Å². The lowest BCUT2D eigenvalue weighted by molar-refractivity contribution is 0.0663. The molecule has 0 aliphatic rings. The summed E-state index contributed by atoms with van der Waals surface area (Å²) in [4.78, 5) is 22.3. The van der Waals surface area contributed by atoms with Crippen LogP contribution in [0.15, 0.2) is 27.4 Å². The van der Waals surface area contributed by atoms with E-state index in [1.54, 1.807) is 0 Å². The average molecular weight is 238 g/mol. The molecule has 5 nitrogen and oxygen atoms in total. The smallest absolute Gasteiger partial charge is 0.371 e. The molecule has 0 aliphatic carbocycles. The number of halogens is 1. The van der Waals surface area contributed by atoms with Gasteiger partial charge in [0.1, 0.15) is 5.82 Å². The number of carboxylic acid groups (broad SMARTS) is 1. The number of methoxy groups -OCH3 is 1. The molecule has 1 N–H and O–H groups in total. The summed E-state index contributed by atoms with van der Waals surface area (Å²) in [7, 11) is 1.27. The third-order valence-corrected chi connectivity index (χ3v) is 2.19. The van der Waals surface area contributed by atoms with Gasteiger partial charge in [0.05, 0.1) is 12.5 Å². The van der Waals surface area contributed by atoms with Crippen molar-refractivity contribution in [2.75, 3.05) is 7.11 Å². The van der Waals surface area contributed by atoms with Gasteiger partial charge in [-0.1, -0.05) is 0 Å². The van der Waals surface area contributed by atoms with E-state index < -0.39 is 23.0 Å². The number of hydrogen-bond donors (Lipinski definition) is 1. The highest BCUT2D eigenvalue weighted by Crippen LogP contribution is 2.25. The van der Waals surface area contributed by atoms with Crippen molar-refractivity contribution in [3.63, 3.8) is 0 Å². The van der Waals surface area contributed by atoms with E-state index in [1.165, 1.54) is 7.11 Å². The Labute approximate surface area is 94.0 Å². The minimum Gasteiger partial charge on any atom is -0.493 e. The number of ether oxygens (including phenoxy) is 1. The third-order valence-electron chi connectivity index (χ3n) is 2.19. The van der Waals surface area contributed by atoms with Crippen LogP contribution in [0.4, 0.5) is 4.39 Å². The van der Waals surface area contributed by atoms with Crippen molar-refractivity contribution in [1.82, 2.24) is 0 Å². The van der Waals surface area contributed by atoms with Crippen LogP contribution in [-0.2, 0) is 0 Å². The molecule has 0 atom stereocenters. The van der Waals surface area contributed by atoms with E-state index in [9.17, 15) is 14.0 Å². The van der Waals surface area contributed by atoms with Gasteiger partial charge in [0.15, 0.2) is 16.8 Å². The summed E-state index contributed by atoms with van der Waals surface area (Å²) in [6.07, 6.45) is 0.